The molecule has 0 saturated carbocycles. The largest absolute Gasteiger partial charge is 0.478 e. The van der Waals surface area contributed by atoms with E-state index in [1.165, 1.54) is 36.4 Å². The van der Waals surface area contributed by atoms with Gasteiger partial charge in [0.05, 0.1) is 11.5 Å². The average Bonchev–Trinajstić information content (AvgIpc) is 2.44. The minimum atomic E-state index is -4.48. The molecule has 0 saturated heterocycles. The second-order valence-corrected chi connectivity index (χ2v) is 6.78. The fourth-order valence-corrected chi connectivity index (χ4v) is 3.23. The Hall–Kier alpha value is -1.79. The van der Waals surface area contributed by atoms with Crippen LogP contribution in [0.15, 0.2) is 46.9 Å². The molecule has 1 N–H and O–H groups in total. The number of rotatable bonds is 4. The van der Waals surface area contributed by atoms with Crippen molar-refractivity contribution in [3.05, 3.63) is 74.2 Å². The van der Waals surface area contributed by atoms with Crippen molar-refractivity contribution < 1.29 is 23.1 Å². The number of allylic oxidation sites excluding steroid dienone is 1. The van der Waals surface area contributed by atoms with E-state index in [9.17, 15) is 18.0 Å². The Morgan fingerprint density at radius 2 is 1.92 bits per heavy atom. The average molecular weight is 434 g/mol. The first-order chi connectivity index (χ1) is 11.6. The number of benzene rings is 2. The molecule has 0 amide bonds. The van der Waals surface area contributed by atoms with Gasteiger partial charge in [-0.05, 0) is 63.8 Å². The van der Waals surface area contributed by atoms with Crippen molar-refractivity contribution in [1.29, 1.82) is 0 Å². The summed E-state index contributed by atoms with van der Waals surface area (Å²) < 4.78 is 40.6. The summed E-state index contributed by atoms with van der Waals surface area (Å²) in [6.07, 6.45) is -2.13. The van der Waals surface area contributed by atoms with Crippen LogP contribution in [0.5, 0.6) is 0 Å². The lowest BCUT2D eigenvalue weighted by molar-refractivity contribution is -0.139. The third-order valence-corrected chi connectivity index (χ3v) is 4.36. The lowest BCUT2D eigenvalue weighted by Crippen LogP contribution is -2.19. The number of halogens is 5. The smallest absolute Gasteiger partial charge is 0.399 e. The van der Waals surface area contributed by atoms with E-state index in [2.05, 4.69) is 15.9 Å². The zero-order chi connectivity index (χ0) is 18.8. The van der Waals surface area contributed by atoms with Gasteiger partial charge in [0.25, 0.3) is 0 Å². The van der Waals surface area contributed by atoms with Gasteiger partial charge in [0, 0.05) is 9.50 Å². The maximum Gasteiger partial charge on any atom is 0.399 e. The molecule has 2 aromatic rings. The van der Waals surface area contributed by atoms with Crippen molar-refractivity contribution in [3.8, 4) is 0 Å². The van der Waals surface area contributed by atoms with Gasteiger partial charge in [-0.25, -0.2) is 4.79 Å². The molecular weight excluding hydrogens is 421 g/mol. The highest BCUT2D eigenvalue weighted by Gasteiger charge is 2.39. The second-order valence-electron chi connectivity index (χ2n) is 5.48. The number of carboxylic acids is 1. The van der Waals surface area contributed by atoms with E-state index in [1.807, 2.05) is 0 Å². The van der Waals surface area contributed by atoms with Gasteiger partial charge in [-0.3, -0.25) is 0 Å². The van der Waals surface area contributed by atoms with Crippen molar-refractivity contribution in [2.75, 3.05) is 0 Å². The van der Waals surface area contributed by atoms with Crippen LogP contribution in [0, 0.1) is 6.92 Å². The van der Waals surface area contributed by atoms with Gasteiger partial charge in [0.15, 0.2) is 0 Å². The van der Waals surface area contributed by atoms with E-state index in [-0.39, 0.29) is 16.1 Å². The molecule has 2 rings (SSSR count). The molecule has 0 fully saturated rings. The van der Waals surface area contributed by atoms with E-state index in [0.29, 0.717) is 15.6 Å². The molecule has 0 spiro atoms. The van der Waals surface area contributed by atoms with Crippen LogP contribution in [-0.4, -0.2) is 17.3 Å². The Morgan fingerprint density at radius 1 is 1.24 bits per heavy atom. The van der Waals surface area contributed by atoms with E-state index in [1.54, 1.807) is 13.0 Å². The van der Waals surface area contributed by atoms with Gasteiger partial charge in [-0.2, -0.15) is 13.2 Å². The number of hydrogen-bond acceptors (Lipinski definition) is 1. The summed E-state index contributed by atoms with van der Waals surface area (Å²) in [5, 5.41) is 9.21. The van der Waals surface area contributed by atoms with E-state index in [0.717, 1.165) is 6.08 Å². The van der Waals surface area contributed by atoms with Gasteiger partial charge in [0.2, 0.25) is 0 Å². The molecule has 7 heteroatoms. The van der Waals surface area contributed by atoms with Crippen molar-refractivity contribution in [1.82, 2.24) is 0 Å². The molecule has 0 bridgehead atoms. The van der Waals surface area contributed by atoms with Crippen molar-refractivity contribution in [2.24, 2.45) is 0 Å². The van der Waals surface area contributed by atoms with E-state index >= 15 is 0 Å². The maximum atomic E-state index is 13.4. The fraction of sp³-hybridized carbons (Fsp3) is 0.167. The molecule has 1 unspecified atom stereocenters. The predicted octanol–water partition coefficient (Wildman–Crippen LogP) is 6.47. The van der Waals surface area contributed by atoms with Crippen LogP contribution in [0.3, 0.4) is 0 Å². The summed E-state index contributed by atoms with van der Waals surface area (Å²) in [4.78, 5) is 11.0. The number of hydrogen-bond donors (Lipinski definition) is 1. The topological polar surface area (TPSA) is 37.3 Å². The summed E-state index contributed by atoms with van der Waals surface area (Å²) in [7, 11) is 0. The summed E-state index contributed by atoms with van der Waals surface area (Å²) in [6, 6.07) is 8.55. The number of carbonyl (C=O) groups is 1. The third kappa shape index (κ3) is 5.09. The molecule has 0 aliphatic rings. The molecule has 25 heavy (non-hydrogen) atoms. The molecular formula is C18H13BrClF3O2. The first-order valence-electron chi connectivity index (χ1n) is 7.13. The minimum absolute atomic E-state index is 0.0370. The molecule has 2 nitrogen and oxygen atoms in total. The van der Waals surface area contributed by atoms with Crippen molar-refractivity contribution >= 4 is 39.6 Å². The van der Waals surface area contributed by atoms with Crippen LogP contribution in [0.4, 0.5) is 13.2 Å². The molecule has 0 heterocycles. The van der Waals surface area contributed by atoms with Crippen LogP contribution in [0.2, 0.25) is 5.02 Å². The van der Waals surface area contributed by atoms with Crippen LogP contribution in [-0.2, 0) is 0 Å². The van der Waals surface area contributed by atoms with Crippen molar-refractivity contribution in [3.63, 3.8) is 0 Å². The van der Waals surface area contributed by atoms with E-state index in [4.69, 9.17) is 16.7 Å². The monoisotopic (exact) mass is 432 g/mol. The van der Waals surface area contributed by atoms with Crippen molar-refractivity contribution in [2.45, 2.75) is 19.0 Å². The Morgan fingerprint density at radius 3 is 2.44 bits per heavy atom. The molecule has 0 radical (unpaired) electrons. The zero-order valence-electron chi connectivity index (χ0n) is 12.9. The molecule has 132 valence electrons. The highest BCUT2D eigenvalue weighted by molar-refractivity contribution is 9.10. The molecule has 0 aliphatic heterocycles. The Kier molecular flexibility index (Phi) is 5.95. The minimum Gasteiger partial charge on any atom is -0.478 e. The Bertz CT molecular complexity index is 811. The molecule has 0 aliphatic carbocycles. The number of carboxylic acid groups (broad SMARTS) is 1. The second kappa shape index (κ2) is 7.62. The number of aromatic carboxylic acids is 1. The van der Waals surface area contributed by atoms with Gasteiger partial charge < -0.3 is 5.11 Å². The van der Waals surface area contributed by atoms with Gasteiger partial charge in [-0.15, -0.1) is 0 Å². The third-order valence-electron chi connectivity index (χ3n) is 3.48. The van der Waals surface area contributed by atoms with Gasteiger partial charge in [-0.1, -0.05) is 35.9 Å². The van der Waals surface area contributed by atoms with Crippen LogP contribution >= 0.6 is 27.5 Å². The normalized spacial score (nSPS) is 13.2. The fourth-order valence-electron chi connectivity index (χ4n) is 2.37. The quantitative estimate of drug-likeness (QED) is 0.600. The van der Waals surface area contributed by atoms with E-state index < -0.39 is 18.1 Å². The van der Waals surface area contributed by atoms with Gasteiger partial charge in [0.1, 0.15) is 0 Å². The lowest BCUT2D eigenvalue weighted by atomic mass is 9.95. The highest BCUT2D eigenvalue weighted by Crippen LogP contribution is 2.38. The van der Waals surface area contributed by atoms with Crippen LogP contribution < -0.4 is 0 Å². The van der Waals surface area contributed by atoms with Crippen LogP contribution in [0.1, 0.15) is 33.0 Å². The predicted molar refractivity (Wildman–Crippen MR) is 95.1 cm³/mol. The summed E-state index contributed by atoms with van der Waals surface area (Å²) >= 11 is 8.98. The first kappa shape index (κ1) is 19.5. The maximum absolute atomic E-state index is 13.4. The lowest BCUT2D eigenvalue weighted by Gasteiger charge is -2.18. The Labute approximate surface area is 156 Å². The SMILES string of the molecule is Cc1cc(Cl)cc(C(/C=C/c2ccc(C(=O)O)c(Br)c2)C(F)(F)F)c1. The van der Waals surface area contributed by atoms with Gasteiger partial charge >= 0.3 is 12.1 Å². The van der Waals surface area contributed by atoms with Crippen LogP contribution in [0.25, 0.3) is 6.08 Å². The molecule has 0 aromatic heterocycles. The Balaban J connectivity index is 2.39. The summed E-state index contributed by atoms with van der Waals surface area (Å²) in [5.41, 5.74) is 1.17. The highest BCUT2D eigenvalue weighted by atomic mass is 79.9. The molecule has 1 atom stereocenters. The number of aryl methyl sites for hydroxylation is 1. The summed E-state index contributed by atoms with van der Waals surface area (Å²) in [6.45, 7) is 1.67. The standard InChI is InChI=1S/C18H13BrClF3O2/c1-10-6-12(9-13(20)7-10)15(18(21,22)23)5-3-11-2-4-14(17(24)25)16(19)8-11/h2-9,15H,1H3,(H,24,25)/b5-3+. The molecule has 2 aromatic carbocycles. The first-order valence-corrected chi connectivity index (χ1v) is 8.30. The zero-order valence-corrected chi connectivity index (χ0v) is 15.3. The summed E-state index contributed by atoms with van der Waals surface area (Å²) in [5.74, 6) is -2.94. The number of alkyl halides is 3.